The Balaban J connectivity index is 1.42. The molecule has 1 saturated carbocycles. The zero-order chi connectivity index (χ0) is 23.1. The van der Waals surface area contributed by atoms with Gasteiger partial charge in [-0.05, 0) is 38.9 Å². The van der Waals surface area contributed by atoms with Crippen LogP contribution in [0.1, 0.15) is 30.3 Å². The van der Waals surface area contributed by atoms with Crippen molar-refractivity contribution in [2.75, 3.05) is 45.4 Å². The number of nitrogens with zero attached hydrogens (tertiary/aromatic N) is 6. The molecule has 3 heterocycles. The van der Waals surface area contributed by atoms with Crippen LogP contribution in [0.15, 0.2) is 36.7 Å². The van der Waals surface area contributed by atoms with Crippen molar-refractivity contribution in [1.82, 2.24) is 24.2 Å². The van der Waals surface area contributed by atoms with E-state index in [0.717, 1.165) is 72.4 Å². The van der Waals surface area contributed by atoms with Crippen LogP contribution in [0.5, 0.6) is 0 Å². The molecule has 5 rings (SSSR count). The summed E-state index contributed by atoms with van der Waals surface area (Å²) < 4.78 is 2.19. The van der Waals surface area contributed by atoms with E-state index in [-0.39, 0.29) is 0 Å². The Labute approximate surface area is 193 Å². The summed E-state index contributed by atoms with van der Waals surface area (Å²) in [4.78, 5) is 30.9. The third-order valence-electron chi connectivity index (χ3n) is 7.03. The highest BCUT2D eigenvalue weighted by Crippen LogP contribution is 2.41. The number of imidazole rings is 1. The number of hydroxylamine groups is 1. The van der Waals surface area contributed by atoms with Gasteiger partial charge in [0.05, 0.1) is 29.7 Å². The lowest BCUT2D eigenvalue weighted by molar-refractivity contribution is 0.0586. The first-order valence-corrected chi connectivity index (χ1v) is 11.4. The van der Waals surface area contributed by atoms with E-state index in [1.165, 1.54) is 7.11 Å². The molecule has 0 unspecified atom stereocenters. The van der Waals surface area contributed by atoms with Crippen molar-refractivity contribution in [3.8, 4) is 11.3 Å². The van der Waals surface area contributed by atoms with Gasteiger partial charge < -0.3 is 10.0 Å². The van der Waals surface area contributed by atoms with Gasteiger partial charge in [-0.25, -0.2) is 9.78 Å². The quantitative estimate of drug-likeness (QED) is 0.597. The molecule has 1 saturated heterocycles. The third-order valence-corrected chi connectivity index (χ3v) is 7.03. The first-order chi connectivity index (χ1) is 16.0. The van der Waals surface area contributed by atoms with E-state index >= 15 is 0 Å². The van der Waals surface area contributed by atoms with E-state index in [9.17, 15) is 9.90 Å². The minimum atomic E-state index is -1.17. The second kappa shape index (κ2) is 8.74. The minimum Gasteiger partial charge on any atom is -0.463 e. The topological polar surface area (TPSA) is 86.4 Å². The Morgan fingerprint density at radius 3 is 2.48 bits per heavy atom. The number of piperazine rings is 1. The summed E-state index contributed by atoms with van der Waals surface area (Å²) in [6, 6.07) is 7.87. The number of aromatic nitrogens is 3. The molecule has 174 valence electrons. The van der Waals surface area contributed by atoms with E-state index in [1.54, 1.807) is 12.1 Å². The average Bonchev–Trinajstić information content (AvgIpc) is 3.15. The van der Waals surface area contributed by atoms with Gasteiger partial charge in [0.25, 0.3) is 0 Å². The molecule has 9 heteroatoms. The van der Waals surface area contributed by atoms with E-state index in [1.807, 2.05) is 31.5 Å². The number of hydrogen-bond donors (Lipinski definition) is 1. The number of carbonyl (C=O) groups is 1. The number of anilines is 1. The van der Waals surface area contributed by atoms with E-state index in [4.69, 9.17) is 9.82 Å². The first-order valence-electron chi connectivity index (χ1n) is 11.4. The second-order valence-corrected chi connectivity index (χ2v) is 9.02. The van der Waals surface area contributed by atoms with Crippen molar-refractivity contribution in [3.05, 3.63) is 48.2 Å². The number of carboxylic acid groups (broad SMARTS) is 1. The number of hydrogen-bond acceptors (Lipinski definition) is 6. The van der Waals surface area contributed by atoms with Gasteiger partial charge in [-0.2, -0.15) is 5.06 Å². The lowest BCUT2D eigenvalue weighted by Crippen LogP contribution is -2.52. The molecule has 0 radical (unpaired) electrons. The summed E-state index contributed by atoms with van der Waals surface area (Å²) in [7, 11) is 3.52. The Morgan fingerprint density at radius 1 is 1.15 bits per heavy atom. The Kier molecular flexibility index (Phi) is 5.77. The molecule has 1 N–H and O–H groups in total. The molecule has 3 aromatic rings. The molecular weight excluding hydrogens is 420 g/mol. The van der Waals surface area contributed by atoms with Gasteiger partial charge in [-0.1, -0.05) is 12.1 Å². The van der Waals surface area contributed by atoms with Gasteiger partial charge in [0.1, 0.15) is 5.82 Å². The molecule has 2 aromatic heterocycles. The maximum absolute atomic E-state index is 11.4. The Bertz CT molecular complexity index is 1150. The van der Waals surface area contributed by atoms with E-state index in [0.29, 0.717) is 17.6 Å². The first kappa shape index (κ1) is 21.8. The Hall–Kier alpha value is -3.01. The van der Waals surface area contributed by atoms with Crippen LogP contribution in [0.3, 0.4) is 0 Å². The highest BCUT2D eigenvalue weighted by Gasteiger charge is 2.38. The average molecular weight is 451 g/mol. The van der Waals surface area contributed by atoms with Gasteiger partial charge in [0.15, 0.2) is 0 Å². The second-order valence-electron chi connectivity index (χ2n) is 9.02. The minimum absolute atomic E-state index is 0.424. The standard InChI is InChI=1S/C24H30N6O3/c1-16-22-21(17-4-6-19(7-5-17)30(33-3)24(31)32)26-23(29(22)9-8-25-16)18-14-20(15-18)28-12-10-27(2)11-13-28/h4-9,18,20H,10-15H2,1-3H3,(H,31,32). The van der Waals surface area contributed by atoms with Crippen LogP contribution in [-0.2, 0) is 4.84 Å². The van der Waals surface area contributed by atoms with Gasteiger partial charge in [-0.3, -0.25) is 19.1 Å². The molecule has 2 aliphatic rings. The fourth-order valence-corrected chi connectivity index (χ4v) is 5.04. The molecule has 1 aromatic carbocycles. The number of benzene rings is 1. The zero-order valence-electron chi connectivity index (χ0n) is 19.3. The summed E-state index contributed by atoms with van der Waals surface area (Å²) in [6.45, 7) is 6.57. The van der Waals surface area contributed by atoms with Crippen LogP contribution in [0.4, 0.5) is 10.5 Å². The van der Waals surface area contributed by atoms with Crippen molar-refractivity contribution in [2.24, 2.45) is 0 Å². The normalized spacial score (nSPS) is 21.8. The number of fused-ring (bicyclic) bond motifs is 1. The number of likely N-dealkylation sites (N-methyl/N-ethyl adjacent to an activating group) is 1. The Morgan fingerprint density at radius 2 is 1.85 bits per heavy atom. The van der Waals surface area contributed by atoms with Gasteiger partial charge in [0, 0.05) is 56.1 Å². The zero-order valence-corrected chi connectivity index (χ0v) is 19.3. The van der Waals surface area contributed by atoms with Crippen LogP contribution >= 0.6 is 0 Å². The van der Waals surface area contributed by atoms with Crippen molar-refractivity contribution in [3.63, 3.8) is 0 Å². The summed E-state index contributed by atoms with van der Waals surface area (Å²) in [5.74, 6) is 1.51. The molecule has 0 atom stereocenters. The highest BCUT2D eigenvalue weighted by molar-refractivity contribution is 5.85. The molecule has 0 bridgehead atoms. The summed E-state index contributed by atoms with van der Waals surface area (Å²) in [5, 5.41) is 10.1. The summed E-state index contributed by atoms with van der Waals surface area (Å²) in [6.07, 6.45) is 4.93. The van der Waals surface area contributed by atoms with E-state index < -0.39 is 6.09 Å². The van der Waals surface area contributed by atoms with Crippen molar-refractivity contribution >= 4 is 17.3 Å². The SMILES string of the molecule is CON(C(=O)O)c1ccc(-c2nc(C3CC(N4CCN(C)CC4)C3)n3ccnc(C)c23)cc1. The van der Waals surface area contributed by atoms with Crippen LogP contribution < -0.4 is 5.06 Å². The monoisotopic (exact) mass is 450 g/mol. The smallest absolute Gasteiger partial charge is 0.436 e. The largest absolute Gasteiger partial charge is 0.463 e. The van der Waals surface area contributed by atoms with Crippen LogP contribution in [-0.4, -0.2) is 81.7 Å². The number of aryl methyl sites for hydroxylation is 1. The molecule has 33 heavy (non-hydrogen) atoms. The highest BCUT2D eigenvalue weighted by atomic mass is 16.7. The number of rotatable bonds is 5. The molecule has 1 aliphatic heterocycles. The maximum Gasteiger partial charge on any atom is 0.436 e. The van der Waals surface area contributed by atoms with Crippen LogP contribution in [0.2, 0.25) is 0 Å². The van der Waals surface area contributed by atoms with E-state index in [2.05, 4.69) is 26.2 Å². The lowest BCUT2D eigenvalue weighted by atomic mass is 9.78. The van der Waals surface area contributed by atoms with Crippen molar-refractivity contribution in [2.45, 2.75) is 31.7 Å². The van der Waals surface area contributed by atoms with Crippen molar-refractivity contribution in [1.29, 1.82) is 0 Å². The molecule has 2 fully saturated rings. The summed E-state index contributed by atoms with van der Waals surface area (Å²) in [5.41, 5.74) is 4.18. The molecule has 1 aliphatic carbocycles. The number of amides is 1. The third kappa shape index (κ3) is 3.96. The van der Waals surface area contributed by atoms with Crippen molar-refractivity contribution < 1.29 is 14.7 Å². The predicted octanol–water partition coefficient (Wildman–Crippen LogP) is 3.24. The fraction of sp³-hybridized carbons (Fsp3) is 0.458. The van der Waals surface area contributed by atoms with Crippen LogP contribution in [0, 0.1) is 6.92 Å². The van der Waals surface area contributed by atoms with Gasteiger partial charge in [0.2, 0.25) is 0 Å². The van der Waals surface area contributed by atoms with Crippen LogP contribution in [0.25, 0.3) is 16.8 Å². The molecule has 1 amide bonds. The molecule has 0 spiro atoms. The molecular formula is C24H30N6O3. The maximum atomic E-state index is 11.4. The predicted molar refractivity (Wildman–Crippen MR) is 126 cm³/mol. The van der Waals surface area contributed by atoms with Gasteiger partial charge in [-0.15, -0.1) is 0 Å². The molecule has 9 nitrogen and oxygen atoms in total. The van der Waals surface area contributed by atoms with Gasteiger partial charge >= 0.3 is 6.09 Å². The fourth-order valence-electron chi connectivity index (χ4n) is 5.04. The summed E-state index contributed by atoms with van der Waals surface area (Å²) >= 11 is 0. The lowest BCUT2D eigenvalue weighted by Gasteiger charge is -2.45.